The summed E-state index contributed by atoms with van der Waals surface area (Å²) in [6.45, 7) is 2.44. The zero-order valence-electron chi connectivity index (χ0n) is 17.0. The molecule has 7 atom stereocenters. The fourth-order valence-corrected chi connectivity index (χ4v) is 7.23. The van der Waals surface area contributed by atoms with Crippen LogP contribution in [0.5, 0.6) is 0 Å². The molecule has 152 valence electrons. The minimum Gasteiger partial charge on any atom is -0.363 e. The number of hydrogen-bond acceptors (Lipinski definition) is 3. The van der Waals surface area contributed by atoms with Crippen LogP contribution >= 0.6 is 11.6 Å². The normalized spacial score (nSPS) is 47.3. The highest BCUT2D eigenvalue weighted by Crippen LogP contribution is 2.44. The van der Waals surface area contributed by atoms with Gasteiger partial charge in [0.25, 0.3) is 0 Å². The van der Waals surface area contributed by atoms with Crippen LogP contribution < -0.4 is 5.32 Å². The summed E-state index contributed by atoms with van der Waals surface area (Å²) in [7, 11) is 2.24. The molecule has 2 saturated carbocycles. The first kappa shape index (κ1) is 18.7. The van der Waals surface area contributed by atoms with Gasteiger partial charge in [-0.25, -0.2) is 0 Å². The molecule has 1 N–H and O–H groups in total. The molecule has 0 aromatic carbocycles. The first-order valence-corrected chi connectivity index (χ1v) is 12.1. The van der Waals surface area contributed by atoms with E-state index in [1.165, 1.54) is 89.6 Å². The number of likely N-dealkylation sites (tertiary alicyclic amines) is 2. The van der Waals surface area contributed by atoms with Crippen LogP contribution in [0.2, 0.25) is 0 Å². The van der Waals surface area contributed by atoms with E-state index >= 15 is 0 Å². The molecule has 5 rings (SSSR count). The Kier molecular flexibility index (Phi) is 5.42. The molecule has 4 nitrogen and oxygen atoms in total. The van der Waals surface area contributed by atoms with Gasteiger partial charge < -0.3 is 4.90 Å². The molecule has 5 heteroatoms. The Morgan fingerprint density at radius 3 is 2.67 bits per heavy atom. The lowest BCUT2D eigenvalue weighted by Crippen LogP contribution is -2.63. The van der Waals surface area contributed by atoms with Gasteiger partial charge in [-0.3, -0.25) is 15.2 Å². The molecular formula is C22H37ClN4. The number of rotatable bonds is 2. The second kappa shape index (κ2) is 7.84. The predicted octanol–water partition coefficient (Wildman–Crippen LogP) is 3.84. The summed E-state index contributed by atoms with van der Waals surface area (Å²) in [6.07, 6.45) is 14.9. The van der Waals surface area contributed by atoms with Gasteiger partial charge >= 0.3 is 0 Å². The highest BCUT2D eigenvalue weighted by atomic mass is 35.5. The van der Waals surface area contributed by atoms with Crippen molar-refractivity contribution in [3.63, 3.8) is 0 Å². The third-order valence-electron chi connectivity index (χ3n) is 8.25. The molecule has 3 aliphatic heterocycles. The van der Waals surface area contributed by atoms with Crippen molar-refractivity contribution < 1.29 is 0 Å². The van der Waals surface area contributed by atoms with Crippen LogP contribution in [-0.4, -0.2) is 65.4 Å². The fourth-order valence-electron chi connectivity index (χ4n) is 6.87. The van der Waals surface area contributed by atoms with Gasteiger partial charge in [0.2, 0.25) is 0 Å². The lowest BCUT2D eigenvalue weighted by molar-refractivity contribution is 0.0304. The van der Waals surface area contributed by atoms with Crippen LogP contribution in [0.15, 0.2) is 4.99 Å². The standard InChI is InChI=1S/C22H37ClN4/c1-26-12-5-10-20(26)25-21-17-8-2-3-9-19(17)24-22-18(21)11-13-27(22)16-7-4-6-15(23)14-16/h15-19,21-22,24H,2-14H2,1H3. The van der Waals surface area contributed by atoms with Crippen LogP contribution in [-0.2, 0) is 0 Å². The summed E-state index contributed by atoms with van der Waals surface area (Å²) < 4.78 is 0. The van der Waals surface area contributed by atoms with E-state index in [4.69, 9.17) is 16.6 Å². The van der Waals surface area contributed by atoms with Crippen molar-refractivity contribution in [3.8, 4) is 0 Å². The number of fused-ring (bicyclic) bond motifs is 2. The highest BCUT2D eigenvalue weighted by Gasteiger charge is 2.51. The number of nitrogens with zero attached hydrogens (tertiary/aromatic N) is 3. The van der Waals surface area contributed by atoms with E-state index in [1.54, 1.807) is 0 Å². The largest absolute Gasteiger partial charge is 0.363 e. The average molecular weight is 393 g/mol. The number of nitrogens with one attached hydrogen (secondary N) is 1. The van der Waals surface area contributed by atoms with Crippen molar-refractivity contribution in [3.05, 3.63) is 0 Å². The Bertz CT molecular complexity index is 567. The van der Waals surface area contributed by atoms with Crippen LogP contribution in [0.3, 0.4) is 0 Å². The Hall–Kier alpha value is -0.320. The van der Waals surface area contributed by atoms with Crippen molar-refractivity contribution in [2.75, 3.05) is 20.1 Å². The monoisotopic (exact) mass is 392 g/mol. The van der Waals surface area contributed by atoms with Crippen LogP contribution in [0, 0.1) is 11.8 Å². The highest BCUT2D eigenvalue weighted by molar-refractivity contribution is 6.20. The van der Waals surface area contributed by atoms with Gasteiger partial charge in [-0.15, -0.1) is 11.6 Å². The summed E-state index contributed by atoms with van der Waals surface area (Å²) in [5, 5.41) is 4.53. The topological polar surface area (TPSA) is 30.9 Å². The molecule has 2 aliphatic carbocycles. The van der Waals surface area contributed by atoms with Gasteiger partial charge in [-0.2, -0.15) is 0 Å². The summed E-state index contributed by atoms with van der Waals surface area (Å²) >= 11 is 6.56. The van der Waals surface area contributed by atoms with Crippen molar-refractivity contribution >= 4 is 17.4 Å². The maximum atomic E-state index is 6.56. The Morgan fingerprint density at radius 2 is 1.85 bits per heavy atom. The molecule has 0 aromatic heterocycles. The summed E-state index contributed by atoms with van der Waals surface area (Å²) in [5.74, 6) is 2.84. The average Bonchev–Trinajstić information content (AvgIpc) is 3.28. The van der Waals surface area contributed by atoms with E-state index in [-0.39, 0.29) is 0 Å². The summed E-state index contributed by atoms with van der Waals surface area (Å²) in [4.78, 5) is 10.7. The summed E-state index contributed by atoms with van der Waals surface area (Å²) in [5.41, 5.74) is 0. The molecule has 7 unspecified atom stereocenters. The molecule has 5 aliphatic rings. The zero-order valence-corrected chi connectivity index (χ0v) is 17.7. The van der Waals surface area contributed by atoms with Gasteiger partial charge in [0.05, 0.1) is 18.0 Å². The number of halogens is 1. The number of alkyl halides is 1. The van der Waals surface area contributed by atoms with E-state index in [0.717, 1.165) is 5.92 Å². The van der Waals surface area contributed by atoms with Crippen molar-refractivity contribution in [1.29, 1.82) is 0 Å². The Balaban J connectivity index is 1.40. The van der Waals surface area contributed by atoms with Gasteiger partial charge in [0.15, 0.2) is 0 Å². The molecule has 3 heterocycles. The van der Waals surface area contributed by atoms with E-state index in [9.17, 15) is 0 Å². The molecule has 5 fully saturated rings. The third-order valence-corrected chi connectivity index (χ3v) is 8.65. The minimum atomic E-state index is 0.386. The maximum Gasteiger partial charge on any atom is 0.0990 e. The van der Waals surface area contributed by atoms with Crippen LogP contribution in [0.4, 0.5) is 0 Å². The van der Waals surface area contributed by atoms with Gasteiger partial charge in [0.1, 0.15) is 0 Å². The number of amidine groups is 1. The molecular weight excluding hydrogens is 356 g/mol. The Morgan fingerprint density at radius 1 is 0.963 bits per heavy atom. The molecule has 27 heavy (non-hydrogen) atoms. The van der Waals surface area contributed by atoms with E-state index in [1.807, 2.05) is 0 Å². The molecule has 0 radical (unpaired) electrons. The second-order valence-corrected chi connectivity index (χ2v) is 10.5. The number of piperidine rings is 1. The van der Waals surface area contributed by atoms with Gasteiger partial charge in [0, 0.05) is 49.9 Å². The fraction of sp³-hybridized carbons (Fsp3) is 0.955. The number of hydrogen-bond donors (Lipinski definition) is 1. The molecule has 0 amide bonds. The lowest BCUT2D eigenvalue weighted by atomic mass is 9.71. The molecule has 0 spiro atoms. The minimum absolute atomic E-state index is 0.386. The van der Waals surface area contributed by atoms with Crippen LogP contribution in [0.25, 0.3) is 0 Å². The van der Waals surface area contributed by atoms with Crippen molar-refractivity contribution in [2.24, 2.45) is 16.8 Å². The van der Waals surface area contributed by atoms with E-state index < -0.39 is 0 Å². The van der Waals surface area contributed by atoms with E-state index in [0.29, 0.717) is 35.6 Å². The quantitative estimate of drug-likeness (QED) is 0.724. The van der Waals surface area contributed by atoms with Crippen LogP contribution in [0.1, 0.15) is 70.6 Å². The zero-order chi connectivity index (χ0) is 18.4. The smallest absolute Gasteiger partial charge is 0.0990 e. The van der Waals surface area contributed by atoms with Crippen molar-refractivity contribution in [1.82, 2.24) is 15.1 Å². The predicted molar refractivity (Wildman–Crippen MR) is 112 cm³/mol. The van der Waals surface area contributed by atoms with Crippen molar-refractivity contribution in [2.45, 2.75) is 100 Å². The second-order valence-electron chi connectivity index (χ2n) is 9.84. The third kappa shape index (κ3) is 3.55. The maximum absolute atomic E-state index is 6.56. The molecule has 0 bridgehead atoms. The first-order chi connectivity index (χ1) is 13.2. The van der Waals surface area contributed by atoms with Gasteiger partial charge in [-0.1, -0.05) is 19.3 Å². The Labute approximate surface area is 170 Å². The lowest BCUT2D eigenvalue weighted by Gasteiger charge is -2.50. The molecule has 3 saturated heterocycles. The molecule has 0 aromatic rings. The van der Waals surface area contributed by atoms with Gasteiger partial charge in [-0.05, 0) is 50.9 Å². The van der Waals surface area contributed by atoms with E-state index in [2.05, 4.69) is 22.2 Å². The SMILES string of the molecule is CN1CCCC1=NC1C2CCCCC2NC2C1CCN2C1CCCC(Cl)C1. The number of aliphatic imine (C=N–C) groups is 1. The first-order valence-electron chi connectivity index (χ1n) is 11.6. The summed E-state index contributed by atoms with van der Waals surface area (Å²) in [6, 6.07) is 1.90.